The van der Waals surface area contributed by atoms with Crippen molar-refractivity contribution in [3.8, 4) is 0 Å². The third-order valence-corrected chi connectivity index (χ3v) is 7.44. The molecule has 3 aromatic carbocycles. The highest BCUT2D eigenvalue weighted by molar-refractivity contribution is 7.67. The second kappa shape index (κ2) is 9.78. The highest BCUT2D eigenvalue weighted by Gasteiger charge is 2.37. The largest absolute Gasteiger partial charge is 0.378 e. The van der Waals surface area contributed by atoms with Crippen LogP contribution in [0.1, 0.15) is 24.7 Å². The van der Waals surface area contributed by atoms with E-state index in [0.29, 0.717) is 11.9 Å². The molecule has 0 saturated carbocycles. The van der Waals surface area contributed by atoms with Crippen LogP contribution in [-0.2, 0) is 9.09 Å². The molecular weight excluding hydrogens is 379 g/mol. The van der Waals surface area contributed by atoms with E-state index in [-0.39, 0.29) is 0 Å². The minimum Gasteiger partial charge on any atom is -0.378 e. The smallest absolute Gasteiger partial charge is 0.258 e. The van der Waals surface area contributed by atoms with Crippen LogP contribution in [0.2, 0.25) is 0 Å². The monoisotopic (exact) mass is 408 g/mol. The topological polar surface area (TPSA) is 41.6 Å². The molecule has 0 fully saturated rings. The van der Waals surface area contributed by atoms with Crippen LogP contribution in [0.15, 0.2) is 84.9 Å². The summed E-state index contributed by atoms with van der Waals surface area (Å²) in [4.78, 5) is 2.03. The van der Waals surface area contributed by atoms with Crippen LogP contribution < -0.4 is 15.5 Å². The summed E-state index contributed by atoms with van der Waals surface area (Å²) in [6.45, 7) is 2.47. The summed E-state index contributed by atoms with van der Waals surface area (Å²) in [6, 6.07) is 27.6. The maximum atomic E-state index is 14.5. The third-order valence-electron chi connectivity index (χ3n) is 4.75. The van der Waals surface area contributed by atoms with Gasteiger partial charge in [0, 0.05) is 30.8 Å². The summed E-state index contributed by atoms with van der Waals surface area (Å²) < 4.78 is 20.6. The van der Waals surface area contributed by atoms with Gasteiger partial charge >= 0.3 is 0 Å². The number of hydrogen-bond donors (Lipinski definition) is 1. The Bertz CT molecular complexity index is 928. The molecule has 4 nitrogen and oxygen atoms in total. The predicted octanol–water partition coefficient (Wildman–Crippen LogP) is 5.89. The normalized spacial score (nSPS) is 14.0. The standard InChI is InChI=1S/C24H29N2O2P/c1-4-19-28-29(27,23-17-15-22(16-18-23)26(2)3)24(20-11-7-5-8-12-20)25-21-13-9-6-10-14-21/h5-18,24-25H,4,19H2,1-3H3/t24-,29-/m1/s1. The van der Waals surface area contributed by atoms with Gasteiger partial charge in [-0.15, -0.1) is 0 Å². The molecule has 0 amide bonds. The summed E-state index contributed by atoms with van der Waals surface area (Å²) in [6.07, 6.45) is 0.798. The van der Waals surface area contributed by atoms with Crippen LogP contribution in [0.4, 0.5) is 11.4 Å². The van der Waals surface area contributed by atoms with E-state index in [1.807, 2.05) is 111 Å². The van der Waals surface area contributed by atoms with Gasteiger partial charge in [-0.2, -0.15) is 0 Å². The Morgan fingerprint density at radius 2 is 1.48 bits per heavy atom. The number of para-hydroxylation sites is 1. The van der Waals surface area contributed by atoms with Crippen molar-refractivity contribution in [3.63, 3.8) is 0 Å². The maximum absolute atomic E-state index is 14.5. The molecule has 0 saturated heterocycles. The molecule has 2 atom stereocenters. The molecule has 0 spiro atoms. The van der Waals surface area contributed by atoms with Gasteiger partial charge in [0.2, 0.25) is 0 Å². The van der Waals surface area contributed by atoms with Crippen molar-refractivity contribution in [1.82, 2.24) is 0 Å². The van der Waals surface area contributed by atoms with Crippen molar-refractivity contribution in [2.24, 2.45) is 0 Å². The van der Waals surface area contributed by atoms with Crippen LogP contribution >= 0.6 is 7.37 Å². The number of rotatable bonds is 9. The van der Waals surface area contributed by atoms with Gasteiger partial charge in [0.1, 0.15) is 5.78 Å². The molecule has 3 aromatic rings. The molecule has 0 radical (unpaired) electrons. The molecule has 3 rings (SSSR count). The number of hydrogen-bond acceptors (Lipinski definition) is 4. The van der Waals surface area contributed by atoms with Crippen LogP contribution in [0.5, 0.6) is 0 Å². The van der Waals surface area contributed by atoms with E-state index in [1.54, 1.807) is 0 Å². The van der Waals surface area contributed by atoms with Crippen molar-refractivity contribution in [3.05, 3.63) is 90.5 Å². The number of nitrogens with zero attached hydrogens (tertiary/aromatic N) is 1. The van der Waals surface area contributed by atoms with Crippen molar-refractivity contribution >= 4 is 24.0 Å². The fraction of sp³-hybridized carbons (Fsp3) is 0.250. The van der Waals surface area contributed by atoms with E-state index in [2.05, 4.69) is 5.32 Å². The highest BCUT2D eigenvalue weighted by atomic mass is 31.2. The fourth-order valence-corrected chi connectivity index (χ4v) is 5.67. The molecule has 0 aliphatic carbocycles. The Labute approximate surface area is 174 Å². The minimum absolute atomic E-state index is 0.437. The van der Waals surface area contributed by atoms with Gasteiger partial charge in [0.15, 0.2) is 0 Å². The first-order chi connectivity index (χ1) is 14.0. The lowest BCUT2D eigenvalue weighted by Gasteiger charge is -2.30. The second-order valence-electron chi connectivity index (χ2n) is 7.16. The van der Waals surface area contributed by atoms with Crippen LogP contribution in [-0.4, -0.2) is 20.7 Å². The molecule has 0 bridgehead atoms. The molecule has 5 heteroatoms. The summed E-state index contributed by atoms with van der Waals surface area (Å²) >= 11 is 0. The van der Waals surface area contributed by atoms with E-state index in [1.165, 1.54) is 0 Å². The van der Waals surface area contributed by atoms with Gasteiger partial charge in [-0.3, -0.25) is 4.57 Å². The van der Waals surface area contributed by atoms with E-state index < -0.39 is 13.2 Å². The van der Waals surface area contributed by atoms with Gasteiger partial charge in [0.25, 0.3) is 7.37 Å². The molecule has 0 aliphatic rings. The molecule has 0 unspecified atom stereocenters. The predicted molar refractivity (Wildman–Crippen MR) is 124 cm³/mol. The first-order valence-electron chi connectivity index (χ1n) is 9.93. The summed E-state index contributed by atoms with van der Waals surface area (Å²) in [5.74, 6) is -0.483. The summed E-state index contributed by atoms with van der Waals surface area (Å²) in [7, 11) is 0.719. The van der Waals surface area contributed by atoms with Crippen LogP contribution in [0.3, 0.4) is 0 Å². The van der Waals surface area contributed by atoms with Gasteiger partial charge in [0.05, 0.1) is 6.61 Å². The minimum atomic E-state index is -3.27. The lowest BCUT2D eigenvalue weighted by atomic mass is 10.2. The Morgan fingerprint density at radius 3 is 2.03 bits per heavy atom. The Hall–Kier alpha value is -2.55. The summed E-state index contributed by atoms with van der Waals surface area (Å²) in [5, 5.41) is 4.20. The van der Waals surface area contributed by atoms with E-state index in [4.69, 9.17) is 4.52 Å². The zero-order valence-corrected chi connectivity index (χ0v) is 18.2. The zero-order chi connectivity index (χ0) is 20.7. The molecule has 1 N–H and O–H groups in total. The van der Waals surface area contributed by atoms with Crippen LogP contribution in [0.25, 0.3) is 0 Å². The van der Waals surface area contributed by atoms with E-state index in [0.717, 1.165) is 23.4 Å². The zero-order valence-electron chi connectivity index (χ0n) is 17.3. The Balaban J connectivity index is 2.08. The first-order valence-corrected chi connectivity index (χ1v) is 11.6. The molecule has 29 heavy (non-hydrogen) atoms. The van der Waals surface area contributed by atoms with Crippen molar-refractivity contribution in [2.75, 3.05) is 30.9 Å². The molecule has 0 aromatic heterocycles. The lowest BCUT2D eigenvalue weighted by Crippen LogP contribution is -2.21. The Morgan fingerprint density at radius 1 is 0.897 bits per heavy atom. The second-order valence-corrected chi connectivity index (χ2v) is 9.65. The number of nitrogens with one attached hydrogen (secondary N) is 1. The molecule has 152 valence electrons. The fourth-order valence-electron chi connectivity index (χ4n) is 3.18. The number of anilines is 2. The SMILES string of the molecule is CCCO[P@](=O)(c1ccc(N(C)C)cc1)[C@@H](Nc1ccccc1)c1ccccc1. The van der Waals surface area contributed by atoms with Crippen molar-refractivity contribution < 1.29 is 9.09 Å². The average molecular weight is 408 g/mol. The quantitative estimate of drug-likeness (QED) is 0.448. The van der Waals surface area contributed by atoms with E-state index >= 15 is 0 Å². The van der Waals surface area contributed by atoms with Gasteiger partial charge in [-0.05, 0) is 48.4 Å². The Kier molecular flexibility index (Phi) is 7.13. The third kappa shape index (κ3) is 5.09. The van der Waals surface area contributed by atoms with Gasteiger partial charge in [-0.1, -0.05) is 55.5 Å². The molecule has 0 heterocycles. The van der Waals surface area contributed by atoms with Gasteiger partial charge < -0.3 is 14.7 Å². The number of benzene rings is 3. The highest BCUT2D eigenvalue weighted by Crippen LogP contribution is 2.59. The molecule has 0 aliphatic heterocycles. The van der Waals surface area contributed by atoms with Gasteiger partial charge in [-0.25, -0.2) is 0 Å². The average Bonchev–Trinajstić information content (AvgIpc) is 2.77. The maximum Gasteiger partial charge on any atom is 0.258 e. The molecular formula is C24H29N2O2P. The lowest BCUT2D eigenvalue weighted by molar-refractivity contribution is 0.315. The van der Waals surface area contributed by atoms with Crippen molar-refractivity contribution in [1.29, 1.82) is 0 Å². The van der Waals surface area contributed by atoms with Crippen LogP contribution in [0, 0.1) is 0 Å². The van der Waals surface area contributed by atoms with Crippen molar-refractivity contribution in [2.45, 2.75) is 19.1 Å². The summed E-state index contributed by atoms with van der Waals surface area (Å²) in [5.41, 5.74) is 2.90. The van der Waals surface area contributed by atoms with E-state index in [9.17, 15) is 4.57 Å². The first kappa shape index (κ1) is 21.2.